The van der Waals surface area contributed by atoms with Crippen LogP contribution in [0.5, 0.6) is 0 Å². The molecule has 0 aliphatic carbocycles. The molecule has 4 N–H and O–H groups in total. The number of carbonyl (C=O) groups is 1. The molecule has 0 aliphatic heterocycles. The molecule has 1 amide bonds. The number of carbonyl (C=O) groups excluding carboxylic acids is 1. The van der Waals surface area contributed by atoms with Crippen molar-refractivity contribution < 1.29 is 9.72 Å². The first kappa shape index (κ1) is 14.1. The number of aromatic nitrogens is 2. The van der Waals surface area contributed by atoms with Gasteiger partial charge >= 0.3 is 0 Å². The predicted molar refractivity (Wildman–Crippen MR) is 75.7 cm³/mol. The van der Waals surface area contributed by atoms with Crippen molar-refractivity contribution in [1.29, 1.82) is 5.41 Å². The van der Waals surface area contributed by atoms with E-state index >= 15 is 0 Å². The van der Waals surface area contributed by atoms with E-state index < -0.39 is 10.8 Å². The van der Waals surface area contributed by atoms with Gasteiger partial charge in [0.15, 0.2) is 0 Å². The van der Waals surface area contributed by atoms with Gasteiger partial charge in [-0.3, -0.25) is 14.9 Å². The average molecular weight is 285 g/mol. The molecule has 106 valence electrons. The molecule has 8 heteroatoms. The first-order valence-corrected chi connectivity index (χ1v) is 5.83. The van der Waals surface area contributed by atoms with Crippen LogP contribution in [-0.4, -0.2) is 27.0 Å². The van der Waals surface area contributed by atoms with Gasteiger partial charge in [0.05, 0.1) is 34.3 Å². The Hall–Kier alpha value is -3.29. The summed E-state index contributed by atoms with van der Waals surface area (Å²) in [6.07, 6.45) is 3.54. The molecule has 0 radical (unpaired) electrons. The lowest BCUT2D eigenvalue weighted by Crippen LogP contribution is -2.17. The molecule has 2 aromatic rings. The van der Waals surface area contributed by atoms with Crippen LogP contribution in [0.25, 0.3) is 5.57 Å². The summed E-state index contributed by atoms with van der Waals surface area (Å²) in [5.74, 6) is -0.854. The van der Waals surface area contributed by atoms with Crippen molar-refractivity contribution in [2.75, 3.05) is 0 Å². The van der Waals surface area contributed by atoms with E-state index in [2.05, 4.69) is 9.97 Å². The van der Waals surface area contributed by atoms with E-state index in [1.807, 2.05) is 0 Å². The minimum Gasteiger partial charge on any atom is -0.366 e. The van der Waals surface area contributed by atoms with Crippen molar-refractivity contribution in [1.82, 2.24) is 9.97 Å². The zero-order valence-corrected chi connectivity index (χ0v) is 10.7. The molecule has 0 spiro atoms. The van der Waals surface area contributed by atoms with Gasteiger partial charge in [-0.15, -0.1) is 0 Å². The summed E-state index contributed by atoms with van der Waals surface area (Å²) in [6.45, 7) is 0. The second-order valence-electron chi connectivity index (χ2n) is 4.04. The number of hydrogen-bond donors (Lipinski definition) is 3. The molecular formula is C13H11N5O3. The van der Waals surface area contributed by atoms with Crippen LogP contribution in [0.4, 0.5) is 5.69 Å². The first-order chi connectivity index (χ1) is 10.1. The minimum absolute atomic E-state index is 0.145. The van der Waals surface area contributed by atoms with Crippen LogP contribution in [-0.2, 0) is 4.79 Å². The molecule has 1 heterocycles. The first-order valence-electron chi connectivity index (χ1n) is 5.83. The smallest absolute Gasteiger partial charge is 0.277 e. The van der Waals surface area contributed by atoms with Crippen LogP contribution < -0.4 is 5.73 Å². The highest BCUT2D eigenvalue weighted by molar-refractivity contribution is 6.19. The van der Waals surface area contributed by atoms with Gasteiger partial charge in [-0.25, -0.2) is 4.98 Å². The minimum atomic E-state index is -0.854. The fraction of sp³-hybridized carbons (Fsp3) is 0. The number of nitrogens with two attached hydrogens (primary N) is 1. The van der Waals surface area contributed by atoms with Gasteiger partial charge in [0.2, 0.25) is 0 Å². The number of rotatable bonds is 5. The van der Waals surface area contributed by atoms with Crippen LogP contribution in [0.2, 0.25) is 0 Å². The van der Waals surface area contributed by atoms with Gasteiger partial charge in [0.25, 0.3) is 11.6 Å². The molecule has 1 aromatic heterocycles. The lowest BCUT2D eigenvalue weighted by atomic mass is 9.96. The Bertz CT molecular complexity index is 734. The van der Waals surface area contributed by atoms with Crippen LogP contribution in [0.15, 0.2) is 42.4 Å². The van der Waals surface area contributed by atoms with E-state index in [1.54, 1.807) is 6.07 Å². The van der Waals surface area contributed by atoms with Gasteiger partial charge in [0.1, 0.15) is 0 Å². The summed E-state index contributed by atoms with van der Waals surface area (Å²) in [7, 11) is 0. The Kier molecular flexibility index (Phi) is 3.89. The number of primary amides is 1. The van der Waals surface area contributed by atoms with Crippen molar-refractivity contribution in [3.05, 3.63) is 63.7 Å². The van der Waals surface area contributed by atoms with Crippen LogP contribution >= 0.6 is 0 Å². The second kappa shape index (κ2) is 5.78. The molecule has 0 saturated carbocycles. The number of H-pyrrole nitrogens is 1. The molecule has 0 atom stereocenters. The van der Waals surface area contributed by atoms with E-state index in [-0.39, 0.29) is 22.4 Å². The van der Waals surface area contributed by atoms with Gasteiger partial charge in [-0.1, -0.05) is 12.1 Å². The summed E-state index contributed by atoms with van der Waals surface area (Å²) in [5, 5.41) is 18.5. The van der Waals surface area contributed by atoms with Gasteiger partial charge in [0, 0.05) is 17.9 Å². The zero-order valence-electron chi connectivity index (χ0n) is 10.7. The maximum Gasteiger partial charge on any atom is 0.277 e. The van der Waals surface area contributed by atoms with Crippen molar-refractivity contribution in [3.8, 4) is 0 Å². The van der Waals surface area contributed by atoms with Crippen molar-refractivity contribution in [2.45, 2.75) is 0 Å². The molecule has 0 unspecified atom stereocenters. The molecule has 1 aromatic carbocycles. The van der Waals surface area contributed by atoms with Crippen molar-refractivity contribution in [3.63, 3.8) is 0 Å². The second-order valence-corrected chi connectivity index (χ2v) is 4.04. The number of para-hydroxylation sites is 1. The maximum absolute atomic E-state index is 11.5. The van der Waals surface area contributed by atoms with Gasteiger partial charge in [-0.05, 0) is 6.07 Å². The molecular weight excluding hydrogens is 274 g/mol. The van der Waals surface area contributed by atoms with E-state index in [9.17, 15) is 14.9 Å². The Morgan fingerprint density at radius 1 is 1.43 bits per heavy atom. The number of nitrogens with one attached hydrogen (secondary N) is 2. The highest BCUT2D eigenvalue weighted by atomic mass is 16.6. The number of aromatic amines is 1. The Morgan fingerprint density at radius 2 is 2.14 bits per heavy atom. The largest absolute Gasteiger partial charge is 0.366 e. The molecule has 0 saturated heterocycles. The summed E-state index contributed by atoms with van der Waals surface area (Å²) in [4.78, 5) is 28.7. The highest BCUT2D eigenvalue weighted by Crippen LogP contribution is 2.31. The van der Waals surface area contributed by atoms with E-state index in [0.717, 1.165) is 6.21 Å². The third-order valence-corrected chi connectivity index (χ3v) is 2.82. The molecule has 0 bridgehead atoms. The average Bonchev–Trinajstić information content (AvgIpc) is 2.97. The van der Waals surface area contributed by atoms with Crippen LogP contribution in [0.1, 0.15) is 11.3 Å². The normalized spacial score (nSPS) is 11.6. The number of amides is 1. The Morgan fingerprint density at radius 3 is 2.67 bits per heavy atom. The molecule has 8 nitrogen and oxygen atoms in total. The summed E-state index contributed by atoms with van der Waals surface area (Å²) in [6, 6.07) is 5.91. The standard InChI is InChI=1S/C13H11N5O3/c14-5-9(13(15)19)12(10-6-16-7-17-10)8-3-1-2-4-11(8)18(20)21/h1-7,14H,(H2,15,19)(H,16,17)/b12-9+,14-5?. The summed E-state index contributed by atoms with van der Waals surface area (Å²) < 4.78 is 0. The summed E-state index contributed by atoms with van der Waals surface area (Å²) in [5.41, 5.74) is 5.64. The monoisotopic (exact) mass is 285 g/mol. The molecule has 0 fully saturated rings. The van der Waals surface area contributed by atoms with E-state index in [4.69, 9.17) is 11.1 Å². The molecule has 0 aliphatic rings. The number of imidazole rings is 1. The SMILES string of the molecule is N=C/C(C(N)=O)=C(\c1cnc[nH]1)c1ccccc1[N+](=O)[O-]. The maximum atomic E-state index is 11.5. The lowest BCUT2D eigenvalue weighted by molar-refractivity contribution is -0.385. The molecule has 2 rings (SSSR count). The number of nitro benzene ring substituents is 1. The van der Waals surface area contributed by atoms with Crippen molar-refractivity contribution in [2.24, 2.45) is 5.73 Å². The number of nitrogens with zero attached hydrogens (tertiary/aromatic N) is 2. The topological polar surface area (TPSA) is 139 Å². The number of nitro groups is 1. The Balaban J connectivity index is 2.83. The van der Waals surface area contributed by atoms with Crippen LogP contribution in [0, 0.1) is 15.5 Å². The lowest BCUT2D eigenvalue weighted by Gasteiger charge is -2.09. The van der Waals surface area contributed by atoms with Crippen molar-refractivity contribution >= 4 is 23.4 Å². The van der Waals surface area contributed by atoms with Crippen LogP contribution in [0.3, 0.4) is 0 Å². The van der Waals surface area contributed by atoms with Gasteiger partial charge < -0.3 is 16.1 Å². The zero-order chi connectivity index (χ0) is 15.4. The summed E-state index contributed by atoms with van der Waals surface area (Å²) >= 11 is 0. The highest BCUT2D eigenvalue weighted by Gasteiger charge is 2.23. The van der Waals surface area contributed by atoms with Gasteiger partial charge in [-0.2, -0.15) is 0 Å². The quantitative estimate of drug-likeness (QED) is 0.329. The Labute approximate surface area is 119 Å². The predicted octanol–water partition coefficient (Wildman–Crippen LogP) is 1.25. The number of hydrogen-bond acceptors (Lipinski definition) is 5. The fourth-order valence-electron chi connectivity index (χ4n) is 1.94. The van der Waals surface area contributed by atoms with E-state index in [1.165, 1.54) is 30.7 Å². The fourth-order valence-corrected chi connectivity index (χ4v) is 1.94. The van der Waals surface area contributed by atoms with E-state index in [0.29, 0.717) is 5.69 Å². The third kappa shape index (κ3) is 2.68. The number of benzene rings is 1. The third-order valence-electron chi connectivity index (χ3n) is 2.82. The molecule has 21 heavy (non-hydrogen) atoms.